The Morgan fingerprint density at radius 2 is 2.13 bits per heavy atom. The molecule has 1 heterocycles. The van der Waals surface area contributed by atoms with E-state index in [1.165, 1.54) is 0 Å². The van der Waals surface area contributed by atoms with Gasteiger partial charge in [-0.3, -0.25) is 4.98 Å². The number of allylic oxidation sites excluding steroid dienone is 2. The van der Waals surface area contributed by atoms with Gasteiger partial charge in [0.1, 0.15) is 0 Å². The fraction of sp³-hybridized carbons (Fsp3) is 0.200. The molecular formula is C20H19N3. The summed E-state index contributed by atoms with van der Waals surface area (Å²) in [5, 5.41) is 9.08. The summed E-state index contributed by atoms with van der Waals surface area (Å²) in [4.78, 5) is 6.11. The molecular weight excluding hydrogens is 282 g/mol. The molecule has 0 atom stereocenters. The van der Waals surface area contributed by atoms with Gasteiger partial charge in [0.25, 0.3) is 0 Å². The smallest absolute Gasteiger partial charge is 0.0992 e. The van der Waals surface area contributed by atoms with Gasteiger partial charge in [-0.05, 0) is 49.7 Å². The number of aromatic nitrogens is 1. The van der Waals surface area contributed by atoms with Crippen LogP contribution < -0.4 is 4.90 Å². The molecule has 0 unspecified atom stereocenters. The average Bonchev–Trinajstić information content (AvgIpc) is 2.58. The number of pyridine rings is 1. The lowest BCUT2D eigenvalue weighted by atomic mass is 10.1. The first-order valence-corrected chi connectivity index (χ1v) is 7.41. The molecule has 0 spiro atoms. The summed E-state index contributed by atoms with van der Waals surface area (Å²) in [6.07, 6.45) is 6.24. The highest BCUT2D eigenvalue weighted by molar-refractivity contribution is 5.56. The Bertz CT molecular complexity index is 802. The topological polar surface area (TPSA) is 39.9 Å². The number of anilines is 1. The minimum Gasteiger partial charge on any atom is -0.349 e. The van der Waals surface area contributed by atoms with Gasteiger partial charge in [-0.1, -0.05) is 17.9 Å². The zero-order valence-electron chi connectivity index (χ0n) is 13.7. The van der Waals surface area contributed by atoms with E-state index in [0.29, 0.717) is 12.0 Å². The second-order valence-electron chi connectivity index (χ2n) is 5.32. The minimum absolute atomic E-state index is 0.669. The van der Waals surface area contributed by atoms with Crippen molar-refractivity contribution in [2.75, 3.05) is 11.9 Å². The average molecular weight is 301 g/mol. The van der Waals surface area contributed by atoms with Crippen molar-refractivity contribution in [1.82, 2.24) is 4.98 Å². The Hall–Kier alpha value is -3.04. The van der Waals surface area contributed by atoms with Gasteiger partial charge in [0.2, 0.25) is 0 Å². The van der Waals surface area contributed by atoms with Crippen LogP contribution in [0.5, 0.6) is 0 Å². The van der Waals surface area contributed by atoms with E-state index in [1.807, 2.05) is 45.2 Å². The summed E-state index contributed by atoms with van der Waals surface area (Å²) in [5.74, 6) is 6.21. The van der Waals surface area contributed by atoms with Crippen molar-refractivity contribution in [3.8, 4) is 17.9 Å². The predicted molar refractivity (Wildman–Crippen MR) is 93.8 cm³/mol. The normalized spacial score (nSPS) is 10.4. The van der Waals surface area contributed by atoms with Crippen molar-refractivity contribution in [1.29, 1.82) is 5.26 Å². The van der Waals surface area contributed by atoms with Crippen molar-refractivity contribution in [2.45, 2.75) is 20.3 Å². The number of nitrogens with zero attached hydrogens (tertiary/aromatic N) is 3. The van der Waals surface area contributed by atoms with Gasteiger partial charge in [0.15, 0.2) is 0 Å². The van der Waals surface area contributed by atoms with Gasteiger partial charge in [-0.25, -0.2) is 0 Å². The fourth-order valence-corrected chi connectivity index (χ4v) is 2.15. The van der Waals surface area contributed by atoms with E-state index in [0.717, 1.165) is 22.5 Å². The number of hydrogen-bond donors (Lipinski definition) is 0. The highest BCUT2D eigenvalue weighted by Gasteiger charge is 2.05. The lowest BCUT2D eigenvalue weighted by molar-refractivity contribution is 1.07. The van der Waals surface area contributed by atoms with Crippen LogP contribution in [0.3, 0.4) is 0 Å². The first-order valence-electron chi connectivity index (χ1n) is 7.41. The monoisotopic (exact) mass is 301 g/mol. The SMILES string of the molecule is C/C(=C/CC#Cc1cccnc1)N(C)c1cc(C)cc(C#N)c1. The molecule has 0 aliphatic heterocycles. The highest BCUT2D eigenvalue weighted by atomic mass is 15.1. The highest BCUT2D eigenvalue weighted by Crippen LogP contribution is 2.21. The molecule has 1 aromatic carbocycles. The van der Waals surface area contributed by atoms with Crippen molar-refractivity contribution >= 4 is 5.69 Å². The maximum atomic E-state index is 9.08. The van der Waals surface area contributed by atoms with E-state index >= 15 is 0 Å². The molecule has 0 saturated heterocycles. The summed E-state index contributed by atoms with van der Waals surface area (Å²) in [6, 6.07) is 11.9. The summed E-state index contributed by atoms with van der Waals surface area (Å²) in [6.45, 7) is 4.04. The Morgan fingerprint density at radius 1 is 1.30 bits per heavy atom. The molecule has 23 heavy (non-hydrogen) atoms. The Morgan fingerprint density at radius 3 is 2.83 bits per heavy atom. The molecule has 0 saturated carbocycles. The Balaban J connectivity index is 2.08. The van der Waals surface area contributed by atoms with E-state index in [9.17, 15) is 0 Å². The molecule has 0 bridgehead atoms. The van der Waals surface area contributed by atoms with Crippen LogP contribution >= 0.6 is 0 Å². The maximum Gasteiger partial charge on any atom is 0.0992 e. The minimum atomic E-state index is 0.669. The zero-order chi connectivity index (χ0) is 16.7. The molecule has 0 fully saturated rings. The largest absolute Gasteiger partial charge is 0.349 e. The quantitative estimate of drug-likeness (QED) is 0.803. The van der Waals surface area contributed by atoms with Crippen molar-refractivity contribution in [2.24, 2.45) is 0 Å². The van der Waals surface area contributed by atoms with E-state index in [1.54, 1.807) is 12.4 Å². The Labute approximate surface area is 137 Å². The van der Waals surface area contributed by atoms with Gasteiger partial charge in [-0.2, -0.15) is 5.26 Å². The molecule has 3 nitrogen and oxygen atoms in total. The molecule has 3 heteroatoms. The second kappa shape index (κ2) is 7.82. The van der Waals surface area contributed by atoms with Crippen LogP contribution in [0.1, 0.15) is 30.0 Å². The van der Waals surface area contributed by atoms with Gasteiger partial charge in [-0.15, -0.1) is 0 Å². The summed E-state index contributed by atoms with van der Waals surface area (Å²) >= 11 is 0. The summed E-state index contributed by atoms with van der Waals surface area (Å²) in [5.41, 5.74) is 4.78. The standard InChI is InChI=1S/C20H19N3/c1-16-11-19(14-21)13-20(12-16)23(3)17(2)7-4-5-8-18-9-6-10-22-15-18/h6-7,9-13,15H,4H2,1-3H3/b17-7-. The van der Waals surface area contributed by atoms with Crippen LogP contribution in [0.15, 0.2) is 54.5 Å². The molecule has 0 aliphatic rings. The van der Waals surface area contributed by atoms with Crippen LogP contribution in [-0.2, 0) is 0 Å². The van der Waals surface area contributed by atoms with Crippen LogP contribution in [0.25, 0.3) is 0 Å². The van der Waals surface area contributed by atoms with E-state index < -0.39 is 0 Å². The Kier molecular flexibility index (Phi) is 5.56. The van der Waals surface area contributed by atoms with Crippen LogP contribution in [-0.4, -0.2) is 12.0 Å². The molecule has 2 rings (SSSR count). The zero-order valence-corrected chi connectivity index (χ0v) is 13.7. The van der Waals surface area contributed by atoms with Crippen molar-refractivity contribution in [3.63, 3.8) is 0 Å². The number of hydrogen-bond acceptors (Lipinski definition) is 3. The molecule has 0 aliphatic carbocycles. The molecule has 114 valence electrons. The lowest BCUT2D eigenvalue weighted by Gasteiger charge is -2.20. The number of benzene rings is 1. The fourth-order valence-electron chi connectivity index (χ4n) is 2.15. The lowest BCUT2D eigenvalue weighted by Crippen LogP contribution is -2.14. The van der Waals surface area contributed by atoms with Gasteiger partial charge >= 0.3 is 0 Å². The number of nitriles is 1. The molecule has 0 N–H and O–H groups in total. The van der Waals surface area contributed by atoms with Crippen molar-refractivity contribution < 1.29 is 0 Å². The number of rotatable bonds is 3. The summed E-state index contributed by atoms with van der Waals surface area (Å²) < 4.78 is 0. The third-order valence-corrected chi connectivity index (χ3v) is 3.50. The van der Waals surface area contributed by atoms with Crippen LogP contribution in [0.2, 0.25) is 0 Å². The molecule has 1 aromatic heterocycles. The predicted octanol–water partition coefficient (Wildman–Crippen LogP) is 4.04. The first-order chi connectivity index (χ1) is 11.1. The maximum absolute atomic E-state index is 9.08. The van der Waals surface area contributed by atoms with Crippen molar-refractivity contribution in [3.05, 3.63) is 71.2 Å². The van der Waals surface area contributed by atoms with E-state index in [4.69, 9.17) is 5.26 Å². The van der Waals surface area contributed by atoms with Gasteiger partial charge in [0.05, 0.1) is 11.6 Å². The van der Waals surface area contributed by atoms with E-state index in [2.05, 4.69) is 39.9 Å². The third-order valence-electron chi connectivity index (χ3n) is 3.50. The van der Waals surface area contributed by atoms with E-state index in [-0.39, 0.29) is 0 Å². The van der Waals surface area contributed by atoms with Gasteiger partial charge < -0.3 is 4.90 Å². The first kappa shape index (κ1) is 16.3. The van der Waals surface area contributed by atoms with Crippen LogP contribution in [0, 0.1) is 30.1 Å². The summed E-state index contributed by atoms with van der Waals surface area (Å²) in [7, 11) is 2.00. The van der Waals surface area contributed by atoms with Crippen LogP contribution in [0.4, 0.5) is 5.69 Å². The number of aryl methyl sites for hydroxylation is 1. The molecule has 2 aromatic rings. The third kappa shape index (κ3) is 4.73. The molecule has 0 amide bonds. The second-order valence-corrected chi connectivity index (χ2v) is 5.32. The molecule has 0 radical (unpaired) electrons. The van der Waals surface area contributed by atoms with Gasteiger partial charge in [0, 0.05) is 42.8 Å².